The molecule has 0 radical (unpaired) electrons. The van der Waals surface area contributed by atoms with E-state index in [4.69, 9.17) is 0 Å². The van der Waals surface area contributed by atoms with Crippen LogP contribution >= 0.6 is 0 Å². The van der Waals surface area contributed by atoms with Crippen LogP contribution in [0.3, 0.4) is 0 Å². The minimum absolute atomic E-state index is 0.0108. The molecular formula is C17H17F2N3O2. The van der Waals surface area contributed by atoms with Gasteiger partial charge in [-0.15, -0.1) is 0 Å². The first-order valence-electron chi connectivity index (χ1n) is 7.43. The first-order valence-corrected chi connectivity index (χ1v) is 7.43. The van der Waals surface area contributed by atoms with Gasteiger partial charge in [-0.25, -0.2) is 8.78 Å². The summed E-state index contributed by atoms with van der Waals surface area (Å²) in [6, 6.07) is 4.18. The van der Waals surface area contributed by atoms with Crippen LogP contribution < -0.4 is 10.6 Å². The summed E-state index contributed by atoms with van der Waals surface area (Å²) < 4.78 is 26.5. The Balaban J connectivity index is 2.15. The SMILES string of the molecule is CCC(C)NC(=O)c1cncc(C(=O)Nc2ccc(F)cc2F)c1. The molecule has 0 aliphatic heterocycles. The smallest absolute Gasteiger partial charge is 0.257 e. The van der Waals surface area contributed by atoms with Gasteiger partial charge in [0.05, 0.1) is 16.8 Å². The number of halogens is 2. The number of aromatic nitrogens is 1. The van der Waals surface area contributed by atoms with E-state index in [0.29, 0.717) is 6.07 Å². The molecule has 0 aliphatic rings. The largest absolute Gasteiger partial charge is 0.350 e. The zero-order valence-electron chi connectivity index (χ0n) is 13.3. The van der Waals surface area contributed by atoms with Crippen molar-refractivity contribution in [3.63, 3.8) is 0 Å². The van der Waals surface area contributed by atoms with Crippen molar-refractivity contribution in [3.8, 4) is 0 Å². The highest BCUT2D eigenvalue weighted by Gasteiger charge is 2.14. The molecule has 0 bridgehead atoms. The van der Waals surface area contributed by atoms with Crippen LogP contribution in [0.25, 0.3) is 0 Å². The number of amides is 2. The van der Waals surface area contributed by atoms with E-state index in [2.05, 4.69) is 15.6 Å². The normalized spacial score (nSPS) is 11.7. The third kappa shape index (κ3) is 4.34. The van der Waals surface area contributed by atoms with E-state index >= 15 is 0 Å². The van der Waals surface area contributed by atoms with Gasteiger partial charge >= 0.3 is 0 Å². The van der Waals surface area contributed by atoms with Crippen molar-refractivity contribution in [2.45, 2.75) is 26.3 Å². The standard InChI is InChI=1S/C17H17F2N3O2/c1-3-10(2)21-16(23)11-6-12(9-20-8-11)17(24)22-15-5-4-13(18)7-14(15)19/h4-10H,3H2,1-2H3,(H,21,23)(H,22,24). The summed E-state index contributed by atoms with van der Waals surface area (Å²) >= 11 is 0. The summed E-state index contributed by atoms with van der Waals surface area (Å²) in [6.45, 7) is 3.80. The number of carbonyl (C=O) groups is 2. The van der Waals surface area contributed by atoms with Crippen molar-refractivity contribution in [2.75, 3.05) is 5.32 Å². The monoisotopic (exact) mass is 333 g/mol. The number of nitrogens with one attached hydrogen (secondary N) is 2. The lowest BCUT2D eigenvalue weighted by Gasteiger charge is -2.12. The number of nitrogens with zero attached hydrogens (tertiary/aromatic N) is 1. The fraction of sp³-hybridized carbons (Fsp3) is 0.235. The van der Waals surface area contributed by atoms with Crippen molar-refractivity contribution in [2.24, 2.45) is 0 Å². The summed E-state index contributed by atoms with van der Waals surface area (Å²) in [5.74, 6) is -2.62. The van der Waals surface area contributed by atoms with Gasteiger partial charge in [0.25, 0.3) is 11.8 Å². The molecule has 1 unspecified atom stereocenters. The molecule has 2 aromatic rings. The number of rotatable bonds is 5. The van der Waals surface area contributed by atoms with Gasteiger partial charge in [0.1, 0.15) is 11.6 Å². The van der Waals surface area contributed by atoms with Crippen molar-refractivity contribution < 1.29 is 18.4 Å². The minimum Gasteiger partial charge on any atom is -0.350 e. The van der Waals surface area contributed by atoms with Crippen LogP contribution in [-0.4, -0.2) is 22.8 Å². The van der Waals surface area contributed by atoms with Crippen LogP contribution in [0.4, 0.5) is 14.5 Å². The van der Waals surface area contributed by atoms with Crippen molar-refractivity contribution in [1.82, 2.24) is 10.3 Å². The molecule has 24 heavy (non-hydrogen) atoms. The third-order valence-corrected chi connectivity index (χ3v) is 3.43. The predicted molar refractivity (Wildman–Crippen MR) is 85.8 cm³/mol. The van der Waals surface area contributed by atoms with Crippen LogP contribution in [0.2, 0.25) is 0 Å². The van der Waals surface area contributed by atoms with Crippen LogP contribution in [-0.2, 0) is 0 Å². The quantitative estimate of drug-likeness (QED) is 0.883. The Morgan fingerprint density at radius 1 is 1.12 bits per heavy atom. The van der Waals surface area contributed by atoms with E-state index in [-0.39, 0.29) is 28.8 Å². The molecule has 2 N–H and O–H groups in total. The molecule has 126 valence electrons. The van der Waals surface area contributed by atoms with Gasteiger partial charge in [-0.2, -0.15) is 0 Å². The average molecular weight is 333 g/mol. The fourth-order valence-corrected chi connectivity index (χ4v) is 1.88. The van der Waals surface area contributed by atoms with Crippen molar-refractivity contribution >= 4 is 17.5 Å². The Morgan fingerprint density at radius 2 is 1.79 bits per heavy atom. The molecule has 5 nitrogen and oxygen atoms in total. The second-order valence-corrected chi connectivity index (χ2v) is 5.32. The van der Waals surface area contributed by atoms with E-state index < -0.39 is 17.5 Å². The van der Waals surface area contributed by atoms with E-state index in [9.17, 15) is 18.4 Å². The van der Waals surface area contributed by atoms with Gasteiger partial charge in [-0.05, 0) is 31.5 Å². The molecule has 0 saturated heterocycles. The summed E-state index contributed by atoms with van der Waals surface area (Å²) in [5, 5.41) is 5.08. The average Bonchev–Trinajstić information content (AvgIpc) is 2.57. The second kappa shape index (κ2) is 7.63. The van der Waals surface area contributed by atoms with Gasteiger partial charge in [0.2, 0.25) is 0 Å². The zero-order valence-corrected chi connectivity index (χ0v) is 13.3. The Morgan fingerprint density at radius 3 is 2.42 bits per heavy atom. The maximum absolute atomic E-state index is 13.6. The fourth-order valence-electron chi connectivity index (χ4n) is 1.88. The summed E-state index contributed by atoms with van der Waals surface area (Å²) in [5.41, 5.74) is 0.161. The highest BCUT2D eigenvalue weighted by molar-refractivity contribution is 6.05. The Hall–Kier alpha value is -2.83. The maximum atomic E-state index is 13.6. The topological polar surface area (TPSA) is 71.1 Å². The number of anilines is 1. The molecule has 0 saturated carbocycles. The molecule has 0 fully saturated rings. The molecule has 0 spiro atoms. The first kappa shape index (κ1) is 17.5. The molecule has 1 aromatic carbocycles. The van der Waals surface area contributed by atoms with Crippen LogP contribution in [0.5, 0.6) is 0 Å². The third-order valence-electron chi connectivity index (χ3n) is 3.43. The van der Waals surface area contributed by atoms with Gasteiger partial charge in [-0.3, -0.25) is 14.6 Å². The van der Waals surface area contributed by atoms with Crippen LogP contribution in [0.1, 0.15) is 41.0 Å². The van der Waals surface area contributed by atoms with Gasteiger partial charge in [0.15, 0.2) is 0 Å². The number of benzene rings is 1. The Bertz CT molecular complexity index is 765. The van der Waals surface area contributed by atoms with Gasteiger partial charge in [-0.1, -0.05) is 6.92 Å². The lowest BCUT2D eigenvalue weighted by Crippen LogP contribution is -2.32. The molecule has 7 heteroatoms. The Kier molecular flexibility index (Phi) is 5.57. The van der Waals surface area contributed by atoms with Gasteiger partial charge < -0.3 is 10.6 Å². The molecule has 2 amide bonds. The van der Waals surface area contributed by atoms with Crippen LogP contribution in [0, 0.1) is 11.6 Å². The van der Waals surface area contributed by atoms with Crippen molar-refractivity contribution in [1.29, 1.82) is 0 Å². The minimum atomic E-state index is -0.887. The molecule has 0 aliphatic carbocycles. The number of hydrogen-bond donors (Lipinski definition) is 2. The van der Waals surface area contributed by atoms with E-state index in [1.807, 2.05) is 13.8 Å². The molecule has 1 heterocycles. The summed E-state index contributed by atoms with van der Waals surface area (Å²) in [6.07, 6.45) is 3.37. The lowest BCUT2D eigenvalue weighted by molar-refractivity contribution is 0.0939. The van der Waals surface area contributed by atoms with Crippen molar-refractivity contribution in [3.05, 3.63) is 59.4 Å². The molecule has 2 rings (SSSR count). The molecular weight excluding hydrogens is 316 g/mol. The first-order chi connectivity index (χ1) is 11.4. The van der Waals surface area contributed by atoms with Crippen LogP contribution in [0.15, 0.2) is 36.7 Å². The highest BCUT2D eigenvalue weighted by Crippen LogP contribution is 2.16. The van der Waals surface area contributed by atoms with E-state index in [1.165, 1.54) is 18.5 Å². The molecule has 1 atom stereocenters. The lowest BCUT2D eigenvalue weighted by atomic mass is 10.1. The number of carbonyl (C=O) groups excluding carboxylic acids is 2. The summed E-state index contributed by atoms with van der Waals surface area (Å²) in [4.78, 5) is 28.1. The zero-order chi connectivity index (χ0) is 17.7. The molecule has 1 aromatic heterocycles. The predicted octanol–water partition coefficient (Wildman–Crippen LogP) is 3.14. The Labute approximate surface area is 138 Å². The number of pyridine rings is 1. The second-order valence-electron chi connectivity index (χ2n) is 5.32. The van der Waals surface area contributed by atoms with E-state index in [0.717, 1.165) is 18.6 Å². The highest BCUT2D eigenvalue weighted by atomic mass is 19.1. The van der Waals surface area contributed by atoms with Gasteiger partial charge in [0, 0.05) is 24.5 Å². The maximum Gasteiger partial charge on any atom is 0.257 e. The van der Waals surface area contributed by atoms with E-state index in [1.54, 1.807) is 0 Å². The number of hydrogen-bond acceptors (Lipinski definition) is 3. The summed E-state index contributed by atoms with van der Waals surface area (Å²) in [7, 11) is 0.